The van der Waals surface area contributed by atoms with Gasteiger partial charge in [0.2, 0.25) is 0 Å². The van der Waals surface area contributed by atoms with Crippen molar-refractivity contribution in [2.75, 3.05) is 0 Å². The SMILES string of the molecule is Cn1nnc2cc(C(=O)NCc3cccc(OC4CCCCC4)c3)ccc21. The van der Waals surface area contributed by atoms with Gasteiger partial charge in [0.25, 0.3) is 5.91 Å². The third-order valence-corrected chi connectivity index (χ3v) is 5.08. The molecule has 1 aliphatic carbocycles. The molecule has 0 spiro atoms. The maximum absolute atomic E-state index is 12.5. The summed E-state index contributed by atoms with van der Waals surface area (Å²) in [6.07, 6.45) is 6.39. The molecule has 1 saturated carbocycles. The highest BCUT2D eigenvalue weighted by molar-refractivity contribution is 5.97. The van der Waals surface area contributed by atoms with Gasteiger partial charge in [0.05, 0.1) is 11.6 Å². The largest absolute Gasteiger partial charge is 0.490 e. The summed E-state index contributed by atoms with van der Waals surface area (Å²) in [5.74, 6) is 0.760. The summed E-state index contributed by atoms with van der Waals surface area (Å²) in [5, 5.41) is 11.0. The molecule has 0 bridgehead atoms. The Labute approximate surface area is 158 Å². The van der Waals surface area contributed by atoms with Crippen LogP contribution in [0.1, 0.15) is 48.0 Å². The van der Waals surface area contributed by atoms with E-state index >= 15 is 0 Å². The molecule has 27 heavy (non-hydrogen) atoms. The number of hydrogen-bond acceptors (Lipinski definition) is 4. The fraction of sp³-hybridized carbons (Fsp3) is 0.381. The second-order valence-electron chi connectivity index (χ2n) is 7.12. The van der Waals surface area contributed by atoms with Crippen molar-refractivity contribution in [3.8, 4) is 5.75 Å². The zero-order chi connectivity index (χ0) is 18.6. The van der Waals surface area contributed by atoms with E-state index in [0.29, 0.717) is 23.7 Å². The molecule has 1 fully saturated rings. The number of nitrogens with zero attached hydrogens (tertiary/aromatic N) is 3. The van der Waals surface area contributed by atoms with E-state index in [1.165, 1.54) is 19.3 Å². The van der Waals surface area contributed by atoms with Crippen LogP contribution in [0.5, 0.6) is 5.75 Å². The number of ether oxygens (including phenoxy) is 1. The van der Waals surface area contributed by atoms with Crippen LogP contribution in [0.25, 0.3) is 11.0 Å². The van der Waals surface area contributed by atoms with E-state index in [9.17, 15) is 4.79 Å². The van der Waals surface area contributed by atoms with Crippen LogP contribution >= 0.6 is 0 Å². The van der Waals surface area contributed by atoms with E-state index < -0.39 is 0 Å². The first-order chi connectivity index (χ1) is 13.2. The second-order valence-corrected chi connectivity index (χ2v) is 7.12. The minimum absolute atomic E-state index is 0.124. The van der Waals surface area contributed by atoms with Crippen molar-refractivity contribution in [2.45, 2.75) is 44.8 Å². The van der Waals surface area contributed by atoms with E-state index in [1.807, 2.05) is 37.4 Å². The summed E-state index contributed by atoms with van der Waals surface area (Å²) in [6.45, 7) is 0.458. The lowest BCUT2D eigenvalue weighted by molar-refractivity contribution is 0.0951. The predicted octanol–water partition coefficient (Wildman–Crippen LogP) is 3.61. The molecule has 140 valence electrons. The zero-order valence-electron chi connectivity index (χ0n) is 15.5. The minimum Gasteiger partial charge on any atom is -0.490 e. The van der Waals surface area contributed by atoms with E-state index in [-0.39, 0.29) is 5.91 Å². The molecule has 0 atom stereocenters. The fourth-order valence-corrected chi connectivity index (χ4v) is 3.57. The quantitative estimate of drug-likeness (QED) is 0.751. The van der Waals surface area contributed by atoms with Crippen LogP contribution < -0.4 is 10.1 Å². The molecule has 1 aliphatic rings. The van der Waals surface area contributed by atoms with Crippen molar-refractivity contribution >= 4 is 16.9 Å². The lowest BCUT2D eigenvalue weighted by Crippen LogP contribution is -2.23. The molecule has 6 nitrogen and oxygen atoms in total. The number of nitrogens with one attached hydrogen (secondary N) is 1. The first kappa shape index (κ1) is 17.5. The number of aromatic nitrogens is 3. The predicted molar refractivity (Wildman–Crippen MR) is 104 cm³/mol. The zero-order valence-corrected chi connectivity index (χ0v) is 15.5. The number of fused-ring (bicyclic) bond motifs is 1. The molecule has 1 heterocycles. The molecule has 0 unspecified atom stereocenters. The first-order valence-electron chi connectivity index (χ1n) is 9.52. The standard InChI is InChI=1S/C21H24N4O2/c1-25-20-11-10-16(13-19(20)23-24-25)21(26)22-14-15-6-5-9-18(12-15)27-17-7-3-2-4-8-17/h5-6,9-13,17H,2-4,7-8,14H2,1H3,(H,22,26). The van der Waals surface area contributed by atoms with Gasteiger partial charge >= 0.3 is 0 Å². The van der Waals surface area contributed by atoms with Gasteiger partial charge in [-0.15, -0.1) is 5.10 Å². The van der Waals surface area contributed by atoms with E-state index in [0.717, 1.165) is 29.7 Å². The Kier molecular flexibility index (Phi) is 5.05. The maximum Gasteiger partial charge on any atom is 0.251 e. The van der Waals surface area contributed by atoms with Gasteiger partial charge in [-0.3, -0.25) is 4.79 Å². The van der Waals surface area contributed by atoms with Crippen LogP contribution in [-0.4, -0.2) is 27.0 Å². The van der Waals surface area contributed by atoms with E-state index in [2.05, 4.69) is 15.6 Å². The number of carbonyl (C=O) groups is 1. The average Bonchev–Trinajstić information content (AvgIpc) is 3.07. The Morgan fingerprint density at radius 1 is 1.19 bits per heavy atom. The van der Waals surface area contributed by atoms with Crippen LogP contribution in [-0.2, 0) is 13.6 Å². The molecule has 2 aromatic carbocycles. The number of benzene rings is 2. The van der Waals surface area contributed by atoms with Crippen LogP contribution in [0.2, 0.25) is 0 Å². The van der Waals surface area contributed by atoms with Crippen molar-refractivity contribution < 1.29 is 9.53 Å². The van der Waals surface area contributed by atoms with Gasteiger partial charge in [-0.05, 0) is 61.6 Å². The topological polar surface area (TPSA) is 69.0 Å². The van der Waals surface area contributed by atoms with E-state index in [4.69, 9.17) is 4.74 Å². The molecule has 3 aromatic rings. The number of rotatable bonds is 5. The lowest BCUT2D eigenvalue weighted by Gasteiger charge is -2.23. The Balaban J connectivity index is 1.38. The third-order valence-electron chi connectivity index (χ3n) is 5.08. The number of amides is 1. The van der Waals surface area contributed by atoms with Crippen molar-refractivity contribution in [1.29, 1.82) is 0 Å². The highest BCUT2D eigenvalue weighted by Gasteiger charge is 2.15. The van der Waals surface area contributed by atoms with Gasteiger partial charge in [-0.25, -0.2) is 4.68 Å². The van der Waals surface area contributed by atoms with E-state index in [1.54, 1.807) is 16.8 Å². The highest BCUT2D eigenvalue weighted by Crippen LogP contribution is 2.24. The molecule has 1 N–H and O–H groups in total. The number of carbonyl (C=O) groups excluding carboxylic acids is 1. The molecule has 0 radical (unpaired) electrons. The van der Waals surface area contributed by atoms with Crippen LogP contribution in [0, 0.1) is 0 Å². The van der Waals surface area contributed by atoms with Gasteiger partial charge in [0.15, 0.2) is 0 Å². The van der Waals surface area contributed by atoms with Crippen molar-refractivity contribution in [2.24, 2.45) is 7.05 Å². The smallest absolute Gasteiger partial charge is 0.251 e. The Morgan fingerprint density at radius 3 is 2.89 bits per heavy atom. The third kappa shape index (κ3) is 4.10. The summed E-state index contributed by atoms with van der Waals surface area (Å²) in [4.78, 5) is 12.5. The Hall–Kier alpha value is -2.89. The molecular weight excluding hydrogens is 340 g/mol. The number of hydrogen-bond donors (Lipinski definition) is 1. The van der Waals surface area contributed by atoms with Gasteiger partial charge < -0.3 is 10.1 Å². The summed E-state index contributed by atoms with van der Waals surface area (Å²) < 4.78 is 7.80. The Bertz CT molecular complexity index is 944. The monoisotopic (exact) mass is 364 g/mol. The highest BCUT2D eigenvalue weighted by atomic mass is 16.5. The Morgan fingerprint density at radius 2 is 2.04 bits per heavy atom. The second kappa shape index (κ2) is 7.78. The van der Waals surface area contributed by atoms with Gasteiger partial charge in [0, 0.05) is 19.2 Å². The van der Waals surface area contributed by atoms with Crippen molar-refractivity contribution in [3.63, 3.8) is 0 Å². The van der Waals surface area contributed by atoms with Gasteiger partial charge in [-0.2, -0.15) is 0 Å². The summed E-state index contributed by atoms with van der Waals surface area (Å²) in [5.41, 5.74) is 3.22. The van der Waals surface area contributed by atoms with Crippen LogP contribution in [0.4, 0.5) is 0 Å². The van der Waals surface area contributed by atoms with Gasteiger partial charge in [-0.1, -0.05) is 23.8 Å². The summed E-state index contributed by atoms with van der Waals surface area (Å²) in [7, 11) is 1.83. The maximum atomic E-state index is 12.5. The molecular formula is C21H24N4O2. The molecule has 4 rings (SSSR count). The van der Waals surface area contributed by atoms with Crippen molar-refractivity contribution in [1.82, 2.24) is 20.3 Å². The summed E-state index contributed by atoms with van der Waals surface area (Å²) in [6, 6.07) is 13.4. The number of aryl methyl sites for hydroxylation is 1. The van der Waals surface area contributed by atoms with Crippen molar-refractivity contribution in [3.05, 3.63) is 53.6 Å². The minimum atomic E-state index is -0.124. The molecule has 0 aliphatic heterocycles. The average molecular weight is 364 g/mol. The molecule has 1 aromatic heterocycles. The summed E-state index contributed by atoms with van der Waals surface area (Å²) >= 11 is 0. The first-order valence-corrected chi connectivity index (χ1v) is 9.52. The molecule has 0 saturated heterocycles. The molecule has 1 amide bonds. The lowest BCUT2D eigenvalue weighted by atomic mass is 9.98. The van der Waals surface area contributed by atoms with Crippen LogP contribution in [0.3, 0.4) is 0 Å². The van der Waals surface area contributed by atoms with Crippen LogP contribution in [0.15, 0.2) is 42.5 Å². The van der Waals surface area contributed by atoms with Gasteiger partial charge in [0.1, 0.15) is 11.3 Å². The normalized spacial score (nSPS) is 15.0. The molecule has 6 heteroatoms. The fourth-order valence-electron chi connectivity index (χ4n) is 3.57.